The average Bonchev–Trinajstić information content (AvgIpc) is 2.58. The van der Waals surface area contributed by atoms with Crippen molar-refractivity contribution in [3.05, 3.63) is 35.4 Å². The van der Waals surface area contributed by atoms with Crippen LogP contribution in [0.1, 0.15) is 50.2 Å². The lowest BCUT2D eigenvalue weighted by atomic mass is 9.98. The lowest BCUT2D eigenvalue weighted by Gasteiger charge is -2.22. The van der Waals surface area contributed by atoms with Crippen molar-refractivity contribution in [3.63, 3.8) is 0 Å². The first-order valence-corrected chi connectivity index (χ1v) is 8.57. The molecule has 1 aromatic carbocycles. The van der Waals surface area contributed by atoms with E-state index in [2.05, 4.69) is 10.6 Å². The second-order valence-corrected chi connectivity index (χ2v) is 6.34. The first-order chi connectivity index (χ1) is 11.5. The van der Waals surface area contributed by atoms with Gasteiger partial charge in [0.15, 0.2) is 0 Å². The van der Waals surface area contributed by atoms with E-state index in [1.807, 2.05) is 24.3 Å². The van der Waals surface area contributed by atoms with Gasteiger partial charge in [0.1, 0.15) is 6.04 Å². The van der Waals surface area contributed by atoms with E-state index in [4.69, 9.17) is 10.5 Å². The Kier molecular flexibility index (Phi) is 7.06. The highest BCUT2D eigenvalue weighted by Crippen LogP contribution is 2.21. The number of carbonyl (C=O) groups excluding carboxylic acids is 2. The largest absolute Gasteiger partial charge is 0.374 e. The number of ether oxygens (including phenoxy) is 1. The van der Waals surface area contributed by atoms with E-state index in [-0.39, 0.29) is 5.91 Å². The van der Waals surface area contributed by atoms with E-state index in [1.54, 1.807) is 6.92 Å². The summed E-state index contributed by atoms with van der Waals surface area (Å²) < 4.78 is 5.98. The molecule has 3 amide bonds. The van der Waals surface area contributed by atoms with Gasteiger partial charge in [-0.2, -0.15) is 0 Å². The number of benzene rings is 1. The van der Waals surface area contributed by atoms with Crippen LogP contribution in [0.15, 0.2) is 24.3 Å². The zero-order valence-corrected chi connectivity index (χ0v) is 14.2. The van der Waals surface area contributed by atoms with Gasteiger partial charge in [-0.25, -0.2) is 4.79 Å². The number of amides is 3. The zero-order chi connectivity index (χ0) is 17.4. The standard InChI is InChI=1S/C18H27N3O3/c1-13(21-18(19)23)17(22)20-11-14-6-5-7-15(10-14)12-24-16-8-3-2-4-9-16/h5-7,10,13,16H,2-4,8-9,11-12H2,1H3,(H,20,22)(H3,19,21,23)/t13-/m0/s1. The topological polar surface area (TPSA) is 93.5 Å². The molecule has 24 heavy (non-hydrogen) atoms. The maximum absolute atomic E-state index is 11.9. The monoisotopic (exact) mass is 333 g/mol. The van der Waals surface area contributed by atoms with Crippen molar-refractivity contribution in [2.24, 2.45) is 5.73 Å². The summed E-state index contributed by atoms with van der Waals surface area (Å²) in [5, 5.41) is 5.14. The minimum absolute atomic E-state index is 0.266. The highest BCUT2D eigenvalue weighted by Gasteiger charge is 2.14. The lowest BCUT2D eigenvalue weighted by Crippen LogP contribution is -2.46. The van der Waals surface area contributed by atoms with Crippen molar-refractivity contribution in [3.8, 4) is 0 Å². The number of carbonyl (C=O) groups is 2. The van der Waals surface area contributed by atoms with Crippen molar-refractivity contribution in [1.82, 2.24) is 10.6 Å². The molecule has 0 bridgehead atoms. The van der Waals surface area contributed by atoms with Gasteiger partial charge in [0.05, 0.1) is 12.7 Å². The molecule has 1 aliphatic carbocycles. The van der Waals surface area contributed by atoms with Crippen molar-refractivity contribution >= 4 is 11.9 Å². The number of urea groups is 1. The number of hydrogen-bond acceptors (Lipinski definition) is 3. The molecular weight excluding hydrogens is 306 g/mol. The molecule has 1 fully saturated rings. The molecule has 0 radical (unpaired) electrons. The molecule has 1 atom stereocenters. The second kappa shape index (κ2) is 9.27. The predicted octanol–water partition coefficient (Wildman–Crippen LogP) is 2.21. The summed E-state index contributed by atoms with van der Waals surface area (Å²) in [7, 11) is 0. The van der Waals surface area contributed by atoms with Crippen molar-refractivity contribution < 1.29 is 14.3 Å². The smallest absolute Gasteiger partial charge is 0.312 e. The fourth-order valence-electron chi connectivity index (χ4n) is 2.90. The molecule has 1 aliphatic rings. The average molecular weight is 333 g/mol. The molecule has 0 spiro atoms. The van der Waals surface area contributed by atoms with Gasteiger partial charge < -0.3 is 21.1 Å². The van der Waals surface area contributed by atoms with Crippen LogP contribution in [0, 0.1) is 0 Å². The Hall–Kier alpha value is -2.08. The third-order valence-corrected chi connectivity index (χ3v) is 4.25. The van der Waals surface area contributed by atoms with Crippen LogP contribution in [0.3, 0.4) is 0 Å². The quantitative estimate of drug-likeness (QED) is 0.714. The summed E-state index contributed by atoms with van der Waals surface area (Å²) in [5.74, 6) is -0.266. The van der Waals surface area contributed by atoms with Crippen LogP contribution < -0.4 is 16.4 Å². The predicted molar refractivity (Wildman–Crippen MR) is 92.1 cm³/mol. The Labute approximate surface area is 143 Å². The van der Waals surface area contributed by atoms with Crippen molar-refractivity contribution in [1.29, 1.82) is 0 Å². The maximum Gasteiger partial charge on any atom is 0.312 e. The van der Waals surface area contributed by atoms with Gasteiger partial charge in [-0.1, -0.05) is 43.5 Å². The lowest BCUT2D eigenvalue weighted by molar-refractivity contribution is -0.122. The molecule has 1 saturated carbocycles. The minimum Gasteiger partial charge on any atom is -0.374 e. The summed E-state index contributed by atoms with van der Waals surface area (Å²) >= 11 is 0. The van der Waals surface area contributed by atoms with Crippen LogP contribution in [0.25, 0.3) is 0 Å². The van der Waals surface area contributed by atoms with Crippen LogP contribution in [0.5, 0.6) is 0 Å². The molecule has 0 saturated heterocycles. The van der Waals surface area contributed by atoms with Crippen LogP contribution >= 0.6 is 0 Å². The number of primary amides is 1. The highest BCUT2D eigenvalue weighted by atomic mass is 16.5. The number of nitrogens with one attached hydrogen (secondary N) is 2. The fourth-order valence-corrected chi connectivity index (χ4v) is 2.90. The Bertz CT molecular complexity index is 556. The van der Waals surface area contributed by atoms with Gasteiger partial charge in [-0.05, 0) is 30.9 Å². The van der Waals surface area contributed by atoms with E-state index in [0.717, 1.165) is 24.0 Å². The van der Waals surface area contributed by atoms with Gasteiger partial charge in [0.25, 0.3) is 0 Å². The third kappa shape index (κ3) is 6.20. The summed E-state index contributed by atoms with van der Waals surface area (Å²) in [4.78, 5) is 22.6. The molecule has 2 rings (SSSR count). The molecule has 1 aromatic rings. The Balaban J connectivity index is 1.79. The van der Waals surface area contributed by atoms with Gasteiger partial charge in [0, 0.05) is 6.54 Å². The molecule has 0 heterocycles. The van der Waals surface area contributed by atoms with Gasteiger partial charge >= 0.3 is 6.03 Å². The second-order valence-electron chi connectivity index (χ2n) is 6.34. The van der Waals surface area contributed by atoms with Crippen LogP contribution in [-0.4, -0.2) is 24.1 Å². The number of hydrogen-bond donors (Lipinski definition) is 3. The van der Waals surface area contributed by atoms with Crippen molar-refractivity contribution in [2.75, 3.05) is 0 Å². The van der Waals surface area contributed by atoms with Crippen LogP contribution in [0.4, 0.5) is 4.79 Å². The molecule has 4 N–H and O–H groups in total. The summed E-state index contributed by atoms with van der Waals surface area (Å²) in [6.45, 7) is 2.60. The van der Waals surface area contributed by atoms with Gasteiger partial charge in [-0.15, -0.1) is 0 Å². The summed E-state index contributed by atoms with van der Waals surface area (Å²) in [6, 6.07) is 6.63. The molecule has 0 aliphatic heterocycles. The van der Waals surface area contributed by atoms with Gasteiger partial charge in [0.2, 0.25) is 5.91 Å². The molecular formula is C18H27N3O3. The van der Waals surface area contributed by atoms with E-state index in [9.17, 15) is 9.59 Å². The molecule has 6 heteroatoms. The molecule has 0 unspecified atom stereocenters. The number of rotatable bonds is 7. The number of nitrogens with two attached hydrogens (primary N) is 1. The van der Waals surface area contributed by atoms with E-state index < -0.39 is 12.1 Å². The maximum atomic E-state index is 11.9. The SMILES string of the molecule is C[C@H](NC(N)=O)C(=O)NCc1cccc(COC2CCCCC2)c1. The fraction of sp³-hybridized carbons (Fsp3) is 0.556. The van der Waals surface area contributed by atoms with Gasteiger partial charge in [-0.3, -0.25) is 4.79 Å². The Morgan fingerprint density at radius 3 is 2.67 bits per heavy atom. The molecule has 0 aromatic heterocycles. The molecule has 132 valence electrons. The van der Waals surface area contributed by atoms with E-state index >= 15 is 0 Å². The third-order valence-electron chi connectivity index (χ3n) is 4.25. The molecule has 6 nitrogen and oxygen atoms in total. The Morgan fingerprint density at radius 2 is 1.96 bits per heavy atom. The zero-order valence-electron chi connectivity index (χ0n) is 14.2. The van der Waals surface area contributed by atoms with E-state index in [1.165, 1.54) is 19.3 Å². The first kappa shape index (κ1) is 18.3. The first-order valence-electron chi connectivity index (χ1n) is 8.57. The summed E-state index contributed by atoms with van der Waals surface area (Å²) in [6.07, 6.45) is 6.52. The highest BCUT2D eigenvalue weighted by molar-refractivity contribution is 5.86. The van der Waals surface area contributed by atoms with Crippen LogP contribution in [-0.2, 0) is 22.7 Å². The minimum atomic E-state index is -0.709. The summed E-state index contributed by atoms with van der Waals surface area (Å²) in [5.41, 5.74) is 7.12. The van der Waals surface area contributed by atoms with Crippen molar-refractivity contribution in [2.45, 2.75) is 64.3 Å². The van der Waals surface area contributed by atoms with Crippen LogP contribution in [0.2, 0.25) is 0 Å². The normalized spacial score (nSPS) is 16.4. The van der Waals surface area contributed by atoms with E-state index in [0.29, 0.717) is 19.3 Å². The Morgan fingerprint density at radius 1 is 1.25 bits per heavy atom.